The van der Waals surface area contributed by atoms with E-state index < -0.39 is 4.92 Å². The summed E-state index contributed by atoms with van der Waals surface area (Å²) in [6.45, 7) is 6.73. The summed E-state index contributed by atoms with van der Waals surface area (Å²) in [5.41, 5.74) is 0.200. The van der Waals surface area contributed by atoms with Crippen LogP contribution in [0.25, 0.3) is 0 Å². The Morgan fingerprint density at radius 1 is 1.33 bits per heavy atom. The maximum Gasteiger partial charge on any atom is 0.292 e. The van der Waals surface area contributed by atoms with Crippen LogP contribution in [0, 0.1) is 22.0 Å². The van der Waals surface area contributed by atoms with E-state index in [2.05, 4.69) is 19.2 Å². The zero-order valence-electron chi connectivity index (χ0n) is 12.5. The van der Waals surface area contributed by atoms with Crippen LogP contribution in [-0.4, -0.2) is 30.5 Å². The van der Waals surface area contributed by atoms with E-state index in [0.717, 1.165) is 13.1 Å². The second-order valence-electron chi connectivity index (χ2n) is 6.10. The van der Waals surface area contributed by atoms with Crippen LogP contribution in [-0.2, 0) is 4.79 Å². The fourth-order valence-corrected chi connectivity index (χ4v) is 3.23. The molecule has 2 atom stereocenters. The number of carbonyl (C=O) groups is 1. The molecule has 6 heteroatoms. The number of likely N-dealkylation sites (tertiary alicyclic amines) is 1. The molecule has 0 aromatic heterocycles. The van der Waals surface area contributed by atoms with Crippen molar-refractivity contribution < 1.29 is 14.6 Å². The molecule has 1 fully saturated rings. The molecule has 6 nitrogen and oxygen atoms in total. The molecule has 0 spiro atoms. The molecule has 114 valence electrons. The average Bonchev–Trinajstić information content (AvgIpc) is 2.37. The van der Waals surface area contributed by atoms with Gasteiger partial charge in [-0.05, 0) is 12.5 Å². The molecule has 0 radical (unpaired) electrons. The van der Waals surface area contributed by atoms with Gasteiger partial charge in [0.2, 0.25) is 0 Å². The molecule has 1 aliphatic heterocycles. The molecule has 1 aliphatic rings. The molecule has 1 amide bonds. The molecule has 0 saturated carbocycles. The van der Waals surface area contributed by atoms with Gasteiger partial charge in [-0.1, -0.05) is 26.0 Å². The number of benzene rings is 1. The molecule has 21 heavy (non-hydrogen) atoms. The van der Waals surface area contributed by atoms with E-state index in [0.29, 0.717) is 18.4 Å². The van der Waals surface area contributed by atoms with Crippen molar-refractivity contribution in [3.8, 4) is 0 Å². The zero-order valence-corrected chi connectivity index (χ0v) is 12.5. The number of piperidine rings is 1. The summed E-state index contributed by atoms with van der Waals surface area (Å²) in [7, 11) is 0. The molecule has 1 aromatic carbocycles. The number of nitrogens with one attached hydrogen (secondary N) is 2. The van der Waals surface area contributed by atoms with Crippen molar-refractivity contribution in [3.63, 3.8) is 0 Å². The van der Waals surface area contributed by atoms with Gasteiger partial charge >= 0.3 is 0 Å². The number of anilines is 1. The molecule has 2 N–H and O–H groups in total. The van der Waals surface area contributed by atoms with Crippen LogP contribution in [0.5, 0.6) is 0 Å². The van der Waals surface area contributed by atoms with Gasteiger partial charge in [-0.2, -0.15) is 0 Å². The predicted molar refractivity (Wildman–Crippen MR) is 80.2 cm³/mol. The van der Waals surface area contributed by atoms with Gasteiger partial charge in [0.25, 0.3) is 11.6 Å². The van der Waals surface area contributed by atoms with Crippen molar-refractivity contribution in [1.29, 1.82) is 0 Å². The van der Waals surface area contributed by atoms with Crippen LogP contribution >= 0.6 is 0 Å². The first-order valence-corrected chi connectivity index (χ1v) is 7.32. The third-order valence-corrected chi connectivity index (χ3v) is 3.86. The second-order valence-corrected chi connectivity index (χ2v) is 6.10. The van der Waals surface area contributed by atoms with E-state index in [4.69, 9.17) is 0 Å². The van der Waals surface area contributed by atoms with Gasteiger partial charge in [-0.3, -0.25) is 14.9 Å². The van der Waals surface area contributed by atoms with Crippen molar-refractivity contribution >= 4 is 17.3 Å². The first-order chi connectivity index (χ1) is 9.95. The number of amides is 1. The molecule has 1 heterocycles. The Kier molecular flexibility index (Phi) is 4.90. The summed E-state index contributed by atoms with van der Waals surface area (Å²) in [4.78, 5) is 23.8. The SMILES string of the molecule is C[C@H]1C[C@H](C)C[NH+](CC(=O)Nc2ccccc2[N+](=O)[O-])C1. The lowest BCUT2D eigenvalue weighted by Gasteiger charge is -2.31. The smallest absolute Gasteiger partial charge is 0.292 e. The lowest BCUT2D eigenvalue weighted by molar-refractivity contribution is -0.904. The highest BCUT2D eigenvalue weighted by Gasteiger charge is 2.27. The maximum atomic E-state index is 12.1. The Labute approximate surface area is 124 Å². The number of quaternary nitrogens is 1. The van der Waals surface area contributed by atoms with Gasteiger partial charge in [0.1, 0.15) is 5.69 Å². The number of hydrogen-bond acceptors (Lipinski definition) is 3. The van der Waals surface area contributed by atoms with Crippen molar-refractivity contribution in [2.75, 3.05) is 25.0 Å². The predicted octanol–water partition coefficient (Wildman–Crippen LogP) is 1.09. The fourth-order valence-electron chi connectivity index (χ4n) is 3.23. The van der Waals surface area contributed by atoms with E-state index in [9.17, 15) is 14.9 Å². The summed E-state index contributed by atoms with van der Waals surface area (Å²) in [5.74, 6) is 1.06. The molecule has 1 aromatic rings. The van der Waals surface area contributed by atoms with Crippen LogP contribution in [0.3, 0.4) is 0 Å². The van der Waals surface area contributed by atoms with Crippen molar-refractivity contribution in [2.24, 2.45) is 11.8 Å². The summed E-state index contributed by atoms with van der Waals surface area (Å²) in [6, 6.07) is 6.23. The topological polar surface area (TPSA) is 76.7 Å². The van der Waals surface area contributed by atoms with E-state index in [1.165, 1.54) is 17.4 Å². The third-order valence-electron chi connectivity index (χ3n) is 3.86. The highest BCUT2D eigenvalue weighted by Crippen LogP contribution is 2.22. The minimum absolute atomic E-state index is 0.0683. The average molecular weight is 292 g/mol. The maximum absolute atomic E-state index is 12.1. The van der Waals surface area contributed by atoms with Crippen LogP contribution in [0.4, 0.5) is 11.4 Å². The lowest BCUT2D eigenvalue weighted by atomic mass is 9.92. The summed E-state index contributed by atoms with van der Waals surface area (Å²) < 4.78 is 0. The van der Waals surface area contributed by atoms with Gasteiger partial charge in [-0.15, -0.1) is 0 Å². The van der Waals surface area contributed by atoms with E-state index in [1.807, 2.05) is 0 Å². The second kappa shape index (κ2) is 6.67. The largest absolute Gasteiger partial charge is 0.327 e. The van der Waals surface area contributed by atoms with Crippen molar-refractivity contribution in [3.05, 3.63) is 34.4 Å². The number of hydrogen-bond donors (Lipinski definition) is 2. The van der Waals surface area contributed by atoms with E-state index >= 15 is 0 Å². The Hall–Kier alpha value is -1.95. The number of rotatable bonds is 4. The lowest BCUT2D eigenvalue weighted by Crippen LogP contribution is -3.15. The monoisotopic (exact) mass is 292 g/mol. The van der Waals surface area contributed by atoms with Gasteiger partial charge in [0.15, 0.2) is 6.54 Å². The number of para-hydroxylation sites is 2. The van der Waals surface area contributed by atoms with Gasteiger partial charge in [-0.25, -0.2) is 0 Å². The highest BCUT2D eigenvalue weighted by atomic mass is 16.6. The standard InChI is InChI=1S/C15H21N3O3/c1-11-7-12(2)9-17(8-11)10-15(19)16-13-5-3-4-6-14(13)18(20)21/h3-6,11-12H,7-10H2,1-2H3,(H,16,19)/p+1/t11-,12-/m0/s1. The molecule has 0 unspecified atom stereocenters. The molecule has 0 bridgehead atoms. The summed E-state index contributed by atoms with van der Waals surface area (Å²) >= 11 is 0. The molecular weight excluding hydrogens is 270 g/mol. The van der Waals surface area contributed by atoms with Crippen LogP contribution in [0.1, 0.15) is 20.3 Å². The van der Waals surface area contributed by atoms with E-state index in [-0.39, 0.29) is 17.3 Å². The van der Waals surface area contributed by atoms with Gasteiger partial charge in [0.05, 0.1) is 18.0 Å². The van der Waals surface area contributed by atoms with Crippen LogP contribution in [0.2, 0.25) is 0 Å². The first kappa shape index (κ1) is 15.4. The Bertz CT molecular complexity index is 523. The van der Waals surface area contributed by atoms with Crippen molar-refractivity contribution in [2.45, 2.75) is 20.3 Å². The fraction of sp³-hybridized carbons (Fsp3) is 0.533. The van der Waals surface area contributed by atoms with Crippen LogP contribution < -0.4 is 10.2 Å². The van der Waals surface area contributed by atoms with Crippen molar-refractivity contribution in [1.82, 2.24) is 0 Å². The molecule has 1 saturated heterocycles. The van der Waals surface area contributed by atoms with Crippen LogP contribution in [0.15, 0.2) is 24.3 Å². The molecule has 2 rings (SSSR count). The normalized spacial score (nSPS) is 25.3. The summed E-state index contributed by atoms with van der Waals surface area (Å²) in [6.07, 6.45) is 1.20. The third kappa shape index (κ3) is 4.26. The Balaban J connectivity index is 1.97. The number of carbonyl (C=O) groups excluding carboxylic acids is 1. The zero-order chi connectivity index (χ0) is 15.4. The quantitative estimate of drug-likeness (QED) is 0.644. The first-order valence-electron chi connectivity index (χ1n) is 7.32. The molecule has 0 aliphatic carbocycles. The number of nitro groups is 1. The number of nitro benzene ring substituents is 1. The Morgan fingerprint density at radius 3 is 2.57 bits per heavy atom. The van der Waals surface area contributed by atoms with Gasteiger partial charge < -0.3 is 10.2 Å². The minimum atomic E-state index is -0.479. The molecular formula is C15H22N3O3+. The highest BCUT2D eigenvalue weighted by molar-refractivity contribution is 5.93. The minimum Gasteiger partial charge on any atom is -0.327 e. The van der Waals surface area contributed by atoms with Gasteiger partial charge in [0, 0.05) is 17.9 Å². The summed E-state index contributed by atoms with van der Waals surface area (Å²) in [5, 5.41) is 13.6. The van der Waals surface area contributed by atoms with E-state index in [1.54, 1.807) is 18.2 Å². The number of nitrogens with zero attached hydrogens (tertiary/aromatic N) is 1. The Morgan fingerprint density at radius 2 is 1.95 bits per heavy atom.